The predicted molar refractivity (Wildman–Crippen MR) is 130 cm³/mol. The van der Waals surface area contributed by atoms with Crippen molar-refractivity contribution in [3.63, 3.8) is 0 Å². The lowest BCUT2D eigenvalue weighted by Gasteiger charge is -2.50. The number of aliphatic hydroxyl groups excluding tert-OH is 2. The molecule has 0 heterocycles. The first kappa shape index (κ1) is 29.6. The molecule has 2 aliphatic rings. The van der Waals surface area contributed by atoms with Crippen LogP contribution < -0.4 is 0 Å². The van der Waals surface area contributed by atoms with Crippen LogP contribution in [0.3, 0.4) is 0 Å². The maximum Gasteiger partial charge on any atom is 0.311 e. The van der Waals surface area contributed by atoms with Gasteiger partial charge in [-0.05, 0) is 83.5 Å². The molecule has 0 amide bonds. The Hall–Kier alpha value is -1.67. The summed E-state index contributed by atoms with van der Waals surface area (Å²) in [4.78, 5) is 36.5. The van der Waals surface area contributed by atoms with Gasteiger partial charge >= 0.3 is 17.9 Å². The quantitative estimate of drug-likeness (QED) is 0.345. The average molecular weight is 499 g/mol. The van der Waals surface area contributed by atoms with E-state index in [1.807, 2.05) is 20.8 Å². The Bertz CT molecular complexity index is 720. The van der Waals surface area contributed by atoms with Crippen LogP contribution in [0, 0.1) is 35.0 Å². The van der Waals surface area contributed by atoms with Crippen molar-refractivity contribution in [3.05, 3.63) is 0 Å². The molecule has 0 aromatic carbocycles. The minimum Gasteiger partial charge on any atom is -0.481 e. The van der Waals surface area contributed by atoms with Crippen molar-refractivity contribution in [1.82, 2.24) is 0 Å². The molecule has 8 heteroatoms. The molecule has 2 aliphatic carbocycles. The Kier molecular flexibility index (Phi) is 11.0. The standard InChI is InChI=1S/C27H46O8/c1-6-27(4,5)26(33)35-22-13-18(25(32)34-7-2)12-17-9-8-16(3)21(24(17)22)11-10-19(28)14-20(29)15-23(30)31/h16-22,24,28-29H,6-15H2,1-5H3,(H,30,31)/t16-,17-,18-,19+,20+,21-,22-,24+/m0/s1. The normalized spacial score (nSPS) is 30.6. The zero-order chi connectivity index (χ0) is 26.3. The molecule has 35 heavy (non-hydrogen) atoms. The van der Waals surface area contributed by atoms with Crippen LogP contribution in [-0.4, -0.2) is 58.1 Å². The van der Waals surface area contributed by atoms with Crippen LogP contribution in [-0.2, 0) is 23.9 Å². The summed E-state index contributed by atoms with van der Waals surface area (Å²) < 4.78 is 11.5. The maximum absolute atomic E-state index is 13.1. The summed E-state index contributed by atoms with van der Waals surface area (Å²) >= 11 is 0. The number of hydrogen-bond donors (Lipinski definition) is 3. The lowest BCUT2D eigenvalue weighted by molar-refractivity contribution is -0.178. The lowest BCUT2D eigenvalue weighted by Crippen LogP contribution is -2.50. The van der Waals surface area contributed by atoms with Crippen molar-refractivity contribution in [2.24, 2.45) is 35.0 Å². The molecule has 0 aromatic heterocycles. The number of esters is 2. The number of ether oxygens (including phenoxy) is 2. The van der Waals surface area contributed by atoms with E-state index >= 15 is 0 Å². The summed E-state index contributed by atoms with van der Waals surface area (Å²) in [6, 6.07) is 0. The number of carbonyl (C=O) groups excluding carboxylic acids is 2. The highest BCUT2D eigenvalue weighted by molar-refractivity contribution is 5.76. The number of carboxylic acid groups (broad SMARTS) is 1. The van der Waals surface area contributed by atoms with Crippen molar-refractivity contribution in [1.29, 1.82) is 0 Å². The van der Waals surface area contributed by atoms with Crippen molar-refractivity contribution in [2.75, 3.05) is 6.61 Å². The second-order valence-electron chi connectivity index (χ2n) is 11.4. The van der Waals surface area contributed by atoms with Gasteiger partial charge in [0.1, 0.15) is 6.10 Å². The number of hydrogen-bond acceptors (Lipinski definition) is 7. The third-order valence-electron chi connectivity index (χ3n) is 8.40. The number of aliphatic hydroxyl groups is 2. The Morgan fingerprint density at radius 1 is 1.06 bits per heavy atom. The van der Waals surface area contributed by atoms with E-state index in [-0.39, 0.29) is 54.6 Å². The van der Waals surface area contributed by atoms with Gasteiger partial charge in [0.05, 0.1) is 36.6 Å². The topological polar surface area (TPSA) is 130 Å². The molecule has 2 fully saturated rings. The molecule has 8 nitrogen and oxygen atoms in total. The first-order valence-electron chi connectivity index (χ1n) is 13.3. The molecule has 2 saturated carbocycles. The smallest absolute Gasteiger partial charge is 0.311 e. The van der Waals surface area contributed by atoms with E-state index < -0.39 is 23.6 Å². The highest BCUT2D eigenvalue weighted by Crippen LogP contribution is 2.51. The van der Waals surface area contributed by atoms with Gasteiger partial charge < -0.3 is 24.8 Å². The molecule has 2 rings (SSSR count). The highest BCUT2D eigenvalue weighted by Gasteiger charge is 2.50. The Morgan fingerprint density at radius 2 is 1.74 bits per heavy atom. The fraction of sp³-hybridized carbons (Fsp3) is 0.889. The molecule has 3 N–H and O–H groups in total. The monoisotopic (exact) mass is 498 g/mol. The second-order valence-corrected chi connectivity index (χ2v) is 11.4. The second kappa shape index (κ2) is 13.0. The first-order valence-corrected chi connectivity index (χ1v) is 13.3. The summed E-state index contributed by atoms with van der Waals surface area (Å²) in [6.45, 7) is 10.0. The van der Waals surface area contributed by atoms with E-state index in [0.717, 1.165) is 19.3 Å². The van der Waals surface area contributed by atoms with Crippen LogP contribution in [0.25, 0.3) is 0 Å². The molecular formula is C27H46O8. The van der Waals surface area contributed by atoms with Gasteiger partial charge in [-0.3, -0.25) is 14.4 Å². The molecule has 0 unspecified atom stereocenters. The van der Waals surface area contributed by atoms with Gasteiger partial charge in [0, 0.05) is 5.92 Å². The zero-order valence-electron chi connectivity index (χ0n) is 22.1. The van der Waals surface area contributed by atoms with Gasteiger partial charge in [0.2, 0.25) is 0 Å². The number of fused-ring (bicyclic) bond motifs is 1. The highest BCUT2D eigenvalue weighted by atomic mass is 16.5. The molecule has 0 saturated heterocycles. The summed E-state index contributed by atoms with van der Waals surface area (Å²) in [5.41, 5.74) is -0.612. The summed E-state index contributed by atoms with van der Waals surface area (Å²) in [5, 5.41) is 29.2. The average Bonchev–Trinajstić information content (AvgIpc) is 2.77. The van der Waals surface area contributed by atoms with Crippen LogP contribution in [0.2, 0.25) is 0 Å². The van der Waals surface area contributed by atoms with Gasteiger partial charge in [-0.2, -0.15) is 0 Å². The molecule has 0 bridgehead atoms. The van der Waals surface area contributed by atoms with Crippen LogP contribution in [0.5, 0.6) is 0 Å². The number of rotatable bonds is 12. The van der Waals surface area contributed by atoms with Crippen molar-refractivity contribution < 1.29 is 39.2 Å². The van der Waals surface area contributed by atoms with E-state index in [0.29, 0.717) is 38.2 Å². The Morgan fingerprint density at radius 3 is 2.34 bits per heavy atom. The van der Waals surface area contributed by atoms with Gasteiger partial charge in [-0.25, -0.2) is 0 Å². The fourth-order valence-corrected chi connectivity index (χ4v) is 5.97. The van der Waals surface area contributed by atoms with E-state index in [1.165, 1.54) is 0 Å². The molecule has 0 aliphatic heterocycles. The van der Waals surface area contributed by atoms with Crippen LogP contribution in [0.4, 0.5) is 0 Å². The number of carboxylic acids is 1. The third-order valence-corrected chi connectivity index (χ3v) is 8.40. The molecule has 0 aromatic rings. The molecule has 8 atom stereocenters. The van der Waals surface area contributed by atoms with E-state index in [9.17, 15) is 24.6 Å². The Labute approximate surface area is 209 Å². The predicted octanol–water partition coefficient (Wildman–Crippen LogP) is 3.95. The lowest BCUT2D eigenvalue weighted by atomic mass is 9.57. The molecule has 202 valence electrons. The van der Waals surface area contributed by atoms with Crippen molar-refractivity contribution >= 4 is 17.9 Å². The maximum atomic E-state index is 13.1. The summed E-state index contributed by atoms with van der Waals surface area (Å²) in [5.74, 6) is -0.954. The molecule has 0 spiro atoms. The fourth-order valence-electron chi connectivity index (χ4n) is 5.97. The van der Waals surface area contributed by atoms with Gasteiger partial charge in [-0.1, -0.05) is 20.3 Å². The molecular weight excluding hydrogens is 452 g/mol. The van der Waals surface area contributed by atoms with Crippen LogP contribution in [0.1, 0.15) is 92.4 Å². The summed E-state index contributed by atoms with van der Waals surface area (Å²) in [6.07, 6.45) is 2.29. The number of aliphatic carboxylic acids is 1. The van der Waals surface area contributed by atoms with E-state index in [2.05, 4.69) is 6.92 Å². The van der Waals surface area contributed by atoms with Crippen LogP contribution >= 0.6 is 0 Å². The number of carbonyl (C=O) groups is 3. The van der Waals surface area contributed by atoms with Gasteiger partial charge in [0.25, 0.3) is 0 Å². The molecule has 0 radical (unpaired) electrons. The summed E-state index contributed by atoms with van der Waals surface area (Å²) in [7, 11) is 0. The minimum atomic E-state index is -1.09. The van der Waals surface area contributed by atoms with Crippen molar-refractivity contribution in [2.45, 2.75) is 111 Å². The van der Waals surface area contributed by atoms with Gasteiger partial charge in [0.15, 0.2) is 0 Å². The van der Waals surface area contributed by atoms with Gasteiger partial charge in [-0.15, -0.1) is 0 Å². The minimum absolute atomic E-state index is 0.0233. The van der Waals surface area contributed by atoms with Crippen LogP contribution in [0.15, 0.2) is 0 Å². The zero-order valence-corrected chi connectivity index (χ0v) is 22.1. The van der Waals surface area contributed by atoms with E-state index in [1.54, 1.807) is 6.92 Å². The largest absolute Gasteiger partial charge is 0.481 e. The van der Waals surface area contributed by atoms with Crippen molar-refractivity contribution in [3.8, 4) is 0 Å². The Balaban J connectivity index is 2.19. The van der Waals surface area contributed by atoms with E-state index in [4.69, 9.17) is 14.6 Å². The third kappa shape index (κ3) is 8.17. The first-order chi connectivity index (χ1) is 16.4. The SMILES string of the molecule is CCOC(=O)[C@H]1C[C@@H]2CC[C@H](C)[C@H](CC[C@@H](O)C[C@@H](O)CC(=O)O)[C@@H]2[C@@H](OC(=O)C(C)(C)CC)C1.